The lowest BCUT2D eigenvalue weighted by Crippen LogP contribution is -2.22. The molecule has 0 radical (unpaired) electrons. The minimum Gasteiger partial charge on any atom is -0.267 e. The fraction of sp³-hybridized carbons (Fsp3) is 0.0909. The van der Waals surface area contributed by atoms with E-state index in [2.05, 4.69) is 4.98 Å². The van der Waals surface area contributed by atoms with E-state index in [1.807, 2.05) is 44.2 Å². The van der Waals surface area contributed by atoms with Gasteiger partial charge in [0, 0.05) is 10.4 Å². The number of benzene rings is 2. The molecule has 3 nitrogen and oxygen atoms in total. The molecule has 0 bridgehead atoms. The molecular weight excluding hydrogens is 359 g/mol. The number of aryl methyl sites for hydroxylation is 2. The second-order valence-electron chi connectivity index (χ2n) is 6.32. The van der Waals surface area contributed by atoms with Crippen molar-refractivity contribution in [3.8, 4) is 5.69 Å². The Balaban J connectivity index is 1.98. The number of hydrogen-bond acceptors (Lipinski definition) is 3. The third kappa shape index (κ3) is 3.22. The smallest absolute Gasteiger partial charge is 0.267 e. The summed E-state index contributed by atoms with van der Waals surface area (Å²) in [7, 11) is 0. The zero-order valence-corrected chi connectivity index (χ0v) is 15.8. The highest BCUT2D eigenvalue weighted by molar-refractivity contribution is 7.18. The predicted molar refractivity (Wildman–Crippen MR) is 110 cm³/mol. The average molecular weight is 376 g/mol. The Hall–Kier alpha value is -3.05. The molecule has 4 rings (SSSR count). The number of aromatic nitrogens is 2. The van der Waals surface area contributed by atoms with E-state index in [9.17, 15) is 9.18 Å². The maximum Gasteiger partial charge on any atom is 0.276 e. The van der Waals surface area contributed by atoms with Crippen molar-refractivity contribution in [3.63, 3.8) is 0 Å². The normalized spacial score (nSPS) is 11.5. The standard InChI is InChI=1S/C22H17FN2OS/c1-14-7-3-6-10-19(14)25-20(12-11-16-8-4-5-9-17(16)23)24-18-13-15(2)27-21(18)22(25)26/h3-13H,1-2H3/b12-11+. The SMILES string of the molecule is Cc1cc2nc(/C=C/c3ccccc3F)n(-c3ccccc3C)c(=O)c2s1. The topological polar surface area (TPSA) is 34.9 Å². The van der Waals surface area contributed by atoms with Crippen LogP contribution in [0.15, 0.2) is 59.4 Å². The van der Waals surface area contributed by atoms with Crippen LogP contribution in [-0.2, 0) is 0 Å². The van der Waals surface area contributed by atoms with Crippen molar-refractivity contribution in [1.29, 1.82) is 0 Å². The molecule has 2 heterocycles. The number of nitrogens with zero attached hydrogens (tertiary/aromatic N) is 2. The summed E-state index contributed by atoms with van der Waals surface area (Å²) in [6.07, 6.45) is 3.34. The lowest BCUT2D eigenvalue weighted by Gasteiger charge is -2.12. The van der Waals surface area contributed by atoms with Gasteiger partial charge in [-0.2, -0.15) is 0 Å². The van der Waals surface area contributed by atoms with Crippen LogP contribution in [0.1, 0.15) is 21.8 Å². The zero-order valence-electron chi connectivity index (χ0n) is 14.9. The van der Waals surface area contributed by atoms with Crippen LogP contribution in [-0.4, -0.2) is 9.55 Å². The molecule has 0 saturated carbocycles. The van der Waals surface area contributed by atoms with Gasteiger partial charge in [-0.15, -0.1) is 11.3 Å². The summed E-state index contributed by atoms with van der Waals surface area (Å²) in [5.74, 6) is 0.161. The highest BCUT2D eigenvalue weighted by atomic mass is 32.1. The Bertz CT molecular complexity index is 1240. The zero-order chi connectivity index (χ0) is 19.0. The number of thiophene rings is 1. The third-order valence-corrected chi connectivity index (χ3v) is 5.40. The lowest BCUT2D eigenvalue weighted by molar-refractivity contribution is 0.625. The highest BCUT2D eigenvalue weighted by Gasteiger charge is 2.14. The maximum atomic E-state index is 14.0. The van der Waals surface area contributed by atoms with E-state index in [4.69, 9.17) is 0 Å². The Labute approximate surface area is 160 Å². The van der Waals surface area contributed by atoms with Gasteiger partial charge in [0.15, 0.2) is 0 Å². The number of fused-ring (bicyclic) bond motifs is 1. The van der Waals surface area contributed by atoms with E-state index in [-0.39, 0.29) is 11.4 Å². The molecule has 0 spiro atoms. The van der Waals surface area contributed by atoms with Crippen molar-refractivity contribution < 1.29 is 4.39 Å². The van der Waals surface area contributed by atoms with Gasteiger partial charge in [-0.1, -0.05) is 36.4 Å². The van der Waals surface area contributed by atoms with Crippen LogP contribution in [0.25, 0.3) is 28.1 Å². The second-order valence-corrected chi connectivity index (χ2v) is 7.58. The van der Waals surface area contributed by atoms with Crippen LogP contribution >= 0.6 is 11.3 Å². The minimum atomic E-state index is -0.314. The first-order valence-corrected chi connectivity index (χ1v) is 9.38. The first-order valence-electron chi connectivity index (χ1n) is 8.56. The molecule has 134 valence electrons. The van der Waals surface area contributed by atoms with Gasteiger partial charge in [-0.05, 0) is 49.8 Å². The molecular formula is C22H17FN2OS. The molecule has 27 heavy (non-hydrogen) atoms. The van der Waals surface area contributed by atoms with Gasteiger partial charge in [-0.25, -0.2) is 9.37 Å². The number of rotatable bonds is 3. The van der Waals surface area contributed by atoms with Crippen molar-refractivity contribution in [1.82, 2.24) is 9.55 Å². The largest absolute Gasteiger partial charge is 0.276 e. The Morgan fingerprint density at radius 1 is 1.04 bits per heavy atom. The predicted octanol–water partition coefficient (Wildman–Crippen LogP) is 5.37. The summed E-state index contributed by atoms with van der Waals surface area (Å²) < 4.78 is 16.2. The fourth-order valence-corrected chi connectivity index (χ4v) is 3.93. The van der Waals surface area contributed by atoms with Gasteiger partial charge in [0.2, 0.25) is 0 Å². The molecule has 0 N–H and O–H groups in total. The van der Waals surface area contributed by atoms with E-state index in [0.29, 0.717) is 21.6 Å². The van der Waals surface area contributed by atoms with Crippen molar-refractivity contribution in [3.05, 3.63) is 92.6 Å². The monoisotopic (exact) mass is 376 g/mol. The molecule has 0 saturated heterocycles. The molecule has 0 fully saturated rings. The molecule has 0 atom stereocenters. The van der Waals surface area contributed by atoms with Crippen molar-refractivity contribution in [2.45, 2.75) is 13.8 Å². The summed E-state index contributed by atoms with van der Waals surface area (Å²) >= 11 is 1.44. The molecule has 2 aromatic carbocycles. The first kappa shape index (κ1) is 17.4. The van der Waals surface area contributed by atoms with Gasteiger partial charge >= 0.3 is 0 Å². The van der Waals surface area contributed by atoms with Crippen LogP contribution < -0.4 is 5.56 Å². The molecule has 5 heteroatoms. The van der Waals surface area contributed by atoms with Gasteiger partial charge in [0.1, 0.15) is 16.3 Å². The summed E-state index contributed by atoms with van der Waals surface area (Å²) in [6.45, 7) is 3.91. The molecule has 0 aliphatic rings. The van der Waals surface area contributed by atoms with Crippen LogP contribution in [0.3, 0.4) is 0 Å². The van der Waals surface area contributed by atoms with Crippen LogP contribution in [0, 0.1) is 19.7 Å². The van der Waals surface area contributed by atoms with Crippen molar-refractivity contribution in [2.24, 2.45) is 0 Å². The van der Waals surface area contributed by atoms with E-state index in [1.165, 1.54) is 17.4 Å². The second kappa shape index (κ2) is 6.93. The van der Waals surface area contributed by atoms with Crippen LogP contribution in [0.5, 0.6) is 0 Å². The molecule has 0 amide bonds. The van der Waals surface area contributed by atoms with Crippen LogP contribution in [0.4, 0.5) is 4.39 Å². The quantitative estimate of drug-likeness (QED) is 0.482. The van der Waals surface area contributed by atoms with E-state index < -0.39 is 0 Å². The summed E-state index contributed by atoms with van der Waals surface area (Å²) in [4.78, 5) is 18.9. The molecule has 4 aromatic rings. The number of halogens is 1. The average Bonchev–Trinajstić information content (AvgIpc) is 3.03. The fourth-order valence-electron chi connectivity index (χ4n) is 3.05. The van der Waals surface area contributed by atoms with Gasteiger partial charge < -0.3 is 0 Å². The lowest BCUT2D eigenvalue weighted by atomic mass is 10.1. The first-order chi connectivity index (χ1) is 13.0. The molecule has 0 aliphatic heterocycles. The highest BCUT2D eigenvalue weighted by Crippen LogP contribution is 2.23. The van der Waals surface area contributed by atoms with Gasteiger partial charge in [-0.3, -0.25) is 9.36 Å². The van der Waals surface area contributed by atoms with E-state index in [1.54, 1.807) is 34.9 Å². The number of para-hydroxylation sites is 1. The third-order valence-electron chi connectivity index (χ3n) is 4.37. The molecule has 2 aromatic heterocycles. The summed E-state index contributed by atoms with van der Waals surface area (Å²) in [5, 5.41) is 0. The van der Waals surface area contributed by atoms with E-state index >= 15 is 0 Å². The Kier molecular flexibility index (Phi) is 4.46. The molecule has 0 aliphatic carbocycles. The van der Waals surface area contributed by atoms with E-state index in [0.717, 1.165) is 16.1 Å². The minimum absolute atomic E-state index is 0.111. The Morgan fingerprint density at radius 3 is 2.56 bits per heavy atom. The van der Waals surface area contributed by atoms with Gasteiger partial charge in [0.25, 0.3) is 5.56 Å². The van der Waals surface area contributed by atoms with Crippen molar-refractivity contribution in [2.75, 3.05) is 0 Å². The van der Waals surface area contributed by atoms with Crippen molar-refractivity contribution >= 4 is 33.7 Å². The van der Waals surface area contributed by atoms with Crippen LogP contribution in [0.2, 0.25) is 0 Å². The summed E-state index contributed by atoms with van der Waals surface area (Å²) in [5.41, 5.74) is 2.75. The molecule has 0 unspecified atom stereocenters. The number of hydrogen-bond donors (Lipinski definition) is 0. The van der Waals surface area contributed by atoms with Gasteiger partial charge in [0.05, 0.1) is 11.2 Å². The maximum absolute atomic E-state index is 14.0. The Morgan fingerprint density at radius 2 is 1.78 bits per heavy atom. The summed E-state index contributed by atoms with van der Waals surface area (Å²) in [6, 6.07) is 16.1.